The van der Waals surface area contributed by atoms with Crippen molar-refractivity contribution in [3.8, 4) is 0 Å². The molecule has 0 spiro atoms. The summed E-state index contributed by atoms with van der Waals surface area (Å²) in [6, 6.07) is 8.03. The van der Waals surface area contributed by atoms with Gasteiger partial charge in [0.2, 0.25) is 0 Å². The topological polar surface area (TPSA) is 106 Å². The Bertz CT molecular complexity index is 1070. The zero-order valence-corrected chi connectivity index (χ0v) is 15.3. The van der Waals surface area contributed by atoms with Crippen LogP contribution in [-0.4, -0.2) is 43.1 Å². The Morgan fingerprint density at radius 1 is 1.14 bits per heavy atom. The predicted octanol–water partition coefficient (Wildman–Crippen LogP) is 2.30. The molecule has 1 saturated heterocycles. The first kappa shape index (κ1) is 18.4. The molecule has 29 heavy (non-hydrogen) atoms. The van der Waals surface area contributed by atoms with E-state index in [1.807, 2.05) is 0 Å². The average molecular weight is 402 g/mol. The summed E-state index contributed by atoms with van der Waals surface area (Å²) in [5.74, 6) is -3.08. The van der Waals surface area contributed by atoms with E-state index in [0.717, 1.165) is 0 Å². The van der Waals surface area contributed by atoms with Crippen LogP contribution in [0.3, 0.4) is 0 Å². The standard InChI is InChI=1S/C20H20F2N4O3/c21-20(22)7-5-11(10-3-1-2-4-13(10)20)16-14(27)15(28)19(29-16)26-8-6-12-17(23)24-9-25-18(12)26/h1-4,6,8-9,11,14-16,19,27-28H,5,7H2,(H2,23,24,25)/t11?,14-,15+,16+,19+/m0/s1. The van der Waals surface area contributed by atoms with Crippen molar-refractivity contribution >= 4 is 16.9 Å². The molecular formula is C20H20F2N4O3. The fourth-order valence-corrected chi connectivity index (χ4v) is 4.57. The van der Waals surface area contributed by atoms with Gasteiger partial charge in [-0.15, -0.1) is 0 Å². The highest BCUT2D eigenvalue weighted by atomic mass is 19.3. The molecule has 3 aromatic rings. The monoisotopic (exact) mass is 402 g/mol. The van der Waals surface area contributed by atoms with Crippen molar-refractivity contribution in [2.24, 2.45) is 0 Å². The molecule has 1 unspecified atom stereocenters. The molecule has 2 aromatic heterocycles. The lowest BCUT2D eigenvalue weighted by Gasteiger charge is -2.35. The molecule has 0 radical (unpaired) electrons. The first-order chi connectivity index (χ1) is 13.9. The molecule has 1 fully saturated rings. The molecule has 9 heteroatoms. The van der Waals surface area contributed by atoms with Gasteiger partial charge in [-0.25, -0.2) is 18.7 Å². The number of rotatable bonds is 2. The van der Waals surface area contributed by atoms with E-state index in [0.29, 0.717) is 22.4 Å². The van der Waals surface area contributed by atoms with E-state index in [4.69, 9.17) is 10.5 Å². The normalized spacial score (nSPS) is 31.1. The number of nitrogens with two attached hydrogens (primary N) is 1. The Morgan fingerprint density at radius 2 is 1.93 bits per heavy atom. The molecule has 1 aromatic carbocycles. The van der Waals surface area contributed by atoms with Crippen molar-refractivity contribution < 1.29 is 23.7 Å². The molecule has 0 saturated carbocycles. The zero-order chi connectivity index (χ0) is 20.3. The van der Waals surface area contributed by atoms with Gasteiger partial charge in [-0.1, -0.05) is 24.3 Å². The highest BCUT2D eigenvalue weighted by Gasteiger charge is 2.51. The first-order valence-corrected chi connectivity index (χ1v) is 9.44. The van der Waals surface area contributed by atoms with Crippen LogP contribution in [0.5, 0.6) is 0 Å². The number of hydrogen-bond donors (Lipinski definition) is 3. The van der Waals surface area contributed by atoms with Gasteiger partial charge in [0.1, 0.15) is 30.0 Å². The molecule has 1 aliphatic carbocycles. The van der Waals surface area contributed by atoms with Crippen molar-refractivity contribution in [1.29, 1.82) is 0 Å². The molecule has 5 rings (SSSR count). The summed E-state index contributed by atoms with van der Waals surface area (Å²) in [6.45, 7) is 0. The minimum absolute atomic E-state index is 0.0445. The molecule has 4 N–H and O–H groups in total. The van der Waals surface area contributed by atoms with Crippen molar-refractivity contribution in [2.45, 2.75) is 49.2 Å². The first-order valence-electron chi connectivity index (χ1n) is 9.44. The second kappa shape index (κ2) is 6.45. The van der Waals surface area contributed by atoms with Crippen LogP contribution in [0.25, 0.3) is 11.0 Å². The second-order valence-electron chi connectivity index (χ2n) is 7.63. The number of nitrogen functional groups attached to an aromatic ring is 1. The Morgan fingerprint density at radius 3 is 2.76 bits per heavy atom. The van der Waals surface area contributed by atoms with Crippen LogP contribution < -0.4 is 5.73 Å². The number of anilines is 1. The quantitative estimate of drug-likeness (QED) is 0.607. The number of alkyl halides is 2. The molecule has 5 atom stereocenters. The number of aromatic nitrogens is 3. The van der Waals surface area contributed by atoms with Gasteiger partial charge in [0.15, 0.2) is 6.23 Å². The Balaban J connectivity index is 1.51. The summed E-state index contributed by atoms with van der Waals surface area (Å²) in [7, 11) is 0. The second-order valence-corrected chi connectivity index (χ2v) is 7.63. The molecular weight excluding hydrogens is 382 g/mol. The summed E-state index contributed by atoms with van der Waals surface area (Å²) in [5, 5.41) is 22.0. The summed E-state index contributed by atoms with van der Waals surface area (Å²) >= 11 is 0. The lowest BCUT2D eigenvalue weighted by Crippen LogP contribution is -2.37. The summed E-state index contributed by atoms with van der Waals surface area (Å²) < 4.78 is 36.4. The summed E-state index contributed by atoms with van der Waals surface area (Å²) in [4.78, 5) is 8.14. The Labute approximate surface area is 164 Å². The van der Waals surface area contributed by atoms with E-state index < -0.39 is 36.4 Å². The van der Waals surface area contributed by atoms with Gasteiger partial charge in [-0.2, -0.15) is 0 Å². The van der Waals surface area contributed by atoms with Crippen LogP contribution >= 0.6 is 0 Å². The number of ether oxygens (including phenoxy) is 1. The number of benzene rings is 1. The SMILES string of the molecule is Nc1ncnc2c1ccn2[C@@H]1O[C@H](C2CCC(F)(F)c3ccccc32)[C@@H](O)[C@H]1O. The molecule has 0 amide bonds. The molecule has 3 heterocycles. The predicted molar refractivity (Wildman–Crippen MR) is 100 cm³/mol. The van der Waals surface area contributed by atoms with E-state index in [1.54, 1.807) is 35.0 Å². The lowest BCUT2D eigenvalue weighted by molar-refractivity contribution is -0.0632. The van der Waals surface area contributed by atoms with Crippen molar-refractivity contribution in [3.05, 3.63) is 54.0 Å². The van der Waals surface area contributed by atoms with E-state index >= 15 is 0 Å². The lowest BCUT2D eigenvalue weighted by atomic mass is 9.76. The summed E-state index contributed by atoms with van der Waals surface area (Å²) in [5.41, 5.74) is 6.73. The van der Waals surface area contributed by atoms with Crippen LogP contribution in [0.2, 0.25) is 0 Å². The van der Waals surface area contributed by atoms with E-state index in [9.17, 15) is 19.0 Å². The number of hydrogen-bond acceptors (Lipinski definition) is 6. The Hall–Kier alpha value is -2.62. The van der Waals surface area contributed by atoms with Gasteiger partial charge in [-0.3, -0.25) is 0 Å². The van der Waals surface area contributed by atoms with Crippen molar-refractivity contribution in [3.63, 3.8) is 0 Å². The smallest absolute Gasteiger partial charge is 0.273 e. The minimum Gasteiger partial charge on any atom is -0.387 e. The van der Waals surface area contributed by atoms with Crippen LogP contribution in [0.4, 0.5) is 14.6 Å². The van der Waals surface area contributed by atoms with Gasteiger partial charge < -0.3 is 25.3 Å². The highest BCUT2D eigenvalue weighted by Crippen LogP contribution is 2.49. The third-order valence-electron chi connectivity index (χ3n) is 6.01. The van der Waals surface area contributed by atoms with Gasteiger partial charge in [-0.05, 0) is 18.1 Å². The number of nitrogens with zero attached hydrogens (tertiary/aromatic N) is 3. The third-order valence-corrected chi connectivity index (χ3v) is 6.01. The largest absolute Gasteiger partial charge is 0.387 e. The fourth-order valence-electron chi connectivity index (χ4n) is 4.57. The maximum atomic E-state index is 14.4. The van der Waals surface area contributed by atoms with E-state index in [2.05, 4.69) is 9.97 Å². The van der Waals surface area contributed by atoms with Gasteiger partial charge in [0, 0.05) is 24.1 Å². The van der Waals surface area contributed by atoms with E-state index in [1.165, 1.54) is 12.4 Å². The van der Waals surface area contributed by atoms with Crippen LogP contribution in [0.1, 0.15) is 36.1 Å². The summed E-state index contributed by atoms with van der Waals surface area (Å²) in [6.07, 6.45) is -1.46. The molecule has 2 aliphatic rings. The molecule has 1 aliphatic heterocycles. The van der Waals surface area contributed by atoms with Crippen LogP contribution in [0, 0.1) is 0 Å². The van der Waals surface area contributed by atoms with Crippen LogP contribution in [0.15, 0.2) is 42.9 Å². The highest BCUT2D eigenvalue weighted by molar-refractivity contribution is 5.86. The van der Waals surface area contributed by atoms with Crippen molar-refractivity contribution in [1.82, 2.24) is 14.5 Å². The molecule has 152 valence electrons. The minimum atomic E-state index is -2.92. The number of halogens is 2. The number of aliphatic hydroxyl groups is 2. The molecule has 7 nitrogen and oxygen atoms in total. The van der Waals surface area contributed by atoms with Gasteiger partial charge >= 0.3 is 0 Å². The van der Waals surface area contributed by atoms with Gasteiger partial charge in [0.25, 0.3) is 5.92 Å². The Kier molecular flexibility index (Phi) is 4.09. The van der Waals surface area contributed by atoms with Crippen LogP contribution in [-0.2, 0) is 10.7 Å². The third kappa shape index (κ3) is 2.72. The number of fused-ring (bicyclic) bond motifs is 2. The average Bonchev–Trinajstić information content (AvgIpc) is 3.25. The maximum Gasteiger partial charge on any atom is 0.273 e. The number of aliphatic hydroxyl groups excluding tert-OH is 2. The van der Waals surface area contributed by atoms with Crippen molar-refractivity contribution in [2.75, 3.05) is 5.73 Å². The molecule has 0 bridgehead atoms. The maximum absolute atomic E-state index is 14.4. The fraction of sp³-hybridized carbons (Fsp3) is 0.400. The zero-order valence-electron chi connectivity index (χ0n) is 15.3. The van der Waals surface area contributed by atoms with Gasteiger partial charge in [0.05, 0.1) is 11.5 Å². The van der Waals surface area contributed by atoms with E-state index in [-0.39, 0.29) is 18.4 Å².